The van der Waals surface area contributed by atoms with Gasteiger partial charge < -0.3 is 10.2 Å². The lowest BCUT2D eigenvalue weighted by molar-refractivity contribution is 0.0977. The molecule has 1 heterocycles. The summed E-state index contributed by atoms with van der Waals surface area (Å²) in [6.07, 6.45) is 3.73. The topological polar surface area (TPSA) is 44.4 Å². The summed E-state index contributed by atoms with van der Waals surface area (Å²) in [5.41, 5.74) is 2.21. The van der Waals surface area contributed by atoms with Crippen LogP contribution in [0.4, 0.5) is 15.8 Å². The molecule has 0 radical (unpaired) electrons. The van der Waals surface area contributed by atoms with Gasteiger partial charge in [-0.25, -0.2) is 4.39 Å². The summed E-state index contributed by atoms with van der Waals surface area (Å²) < 4.78 is 13.2. The van der Waals surface area contributed by atoms with E-state index >= 15 is 0 Å². The number of piperidine rings is 1. The third-order valence-corrected chi connectivity index (χ3v) is 4.78. The van der Waals surface area contributed by atoms with Crippen molar-refractivity contribution in [3.05, 3.63) is 59.9 Å². The van der Waals surface area contributed by atoms with Crippen LogP contribution in [0.5, 0.6) is 0 Å². The third kappa shape index (κ3) is 4.58. The summed E-state index contributed by atoms with van der Waals surface area (Å²) in [7, 11) is 0. The maximum atomic E-state index is 13.2. The van der Waals surface area contributed by atoms with Crippen molar-refractivity contribution in [2.24, 2.45) is 0 Å². The minimum absolute atomic E-state index is 0.179. The van der Waals surface area contributed by atoms with E-state index in [0.717, 1.165) is 12.2 Å². The van der Waals surface area contributed by atoms with Crippen molar-refractivity contribution in [3.8, 4) is 0 Å². The third-order valence-electron chi connectivity index (χ3n) is 4.57. The fourth-order valence-electron chi connectivity index (χ4n) is 3.19. The van der Waals surface area contributed by atoms with Crippen molar-refractivity contribution < 1.29 is 9.18 Å². The Kier molecular flexibility index (Phi) is 5.83. The molecule has 0 bridgehead atoms. The zero-order valence-electron chi connectivity index (χ0n) is 14.7. The van der Waals surface area contributed by atoms with Crippen LogP contribution in [0.1, 0.15) is 36.5 Å². The molecule has 136 valence electrons. The summed E-state index contributed by atoms with van der Waals surface area (Å²) in [4.78, 5) is 14.5. The van der Waals surface area contributed by atoms with Crippen LogP contribution in [0.25, 0.3) is 0 Å². The van der Waals surface area contributed by atoms with E-state index in [9.17, 15) is 9.18 Å². The molecule has 0 aliphatic carbocycles. The largest absolute Gasteiger partial charge is 0.369 e. The predicted molar refractivity (Wildman–Crippen MR) is 107 cm³/mol. The number of carbonyl (C=O) groups is 1. The van der Waals surface area contributed by atoms with Crippen LogP contribution in [0.3, 0.4) is 0 Å². The van der Waals surface area contributed by atoms with E-state index in [0.29, 0.717) is 6.04 Å². The van der Waals surface area contributed by atoms with Gasteiger partial charge in [0.2, 0.25) is 0 Å². The first-order valence-electron chi connectivity index (χ1n) is 8.77. The van der Waals surface area contributed by atoms with Gasteiger partial charge in [-0.1, -0.05) is 6.07 Å². The van der Waals surface area contributed by atoms with E-state index in [4.69, 9.17) is 12.2 Å². The van der Waals surface area contributed by atoms with Crippen LogP contribution in [0.15, 0.2) is 48.5 Å². The molecule has 3 rings (SSSR count). The number of nitrogens with zero attached hydrogens (tertiary/aromatic N) is 1. The van der Waals surface area contributed by atoms with Crippen molar-refractivity contribution in [2.75, 3.05) is 16.8 Å². The Hall–Kier alpha value is -2.47. The average molecular weight is 371 g/mol. The fourth-order valence-corrected chi connectivity index (χ4v) is 3.40. The van der Waals surface area contributed by atoms with Crippen molar-refractivity contribution in [3.63, 3.8) is 0 Å². The lowest BCUT2D eigenvalue weighted by Gasteiger charge is -2.35. The van der Waals surface area contributed by atoms with Gasteiger partial charge in [0.25, 0.3) is 5.91 Å². The Balaban J connectivity index is 1.58. The number of anilines is 2. The minimum Gasteiger partial charge on any atom is -0.369 e. The van der Waals surface area contributed by atoms with E-state index in [1.807, 2.05) is 12.1 Å². The minimum atomic E-state index is -0.459. The normalized spacial score (nSPS) is 16.8. The van der Waals surface area contributed by atoms with E-state index in [-0.39, 0.29) is 10.7 Å². The quantitative estimate of drug-likeness (QED) is 0.788. The van der Waals surface area contributed by atoms with Gasteiger partial charge in [-0.3, -0.25) is 10.1 Å². The number of carbonyl (C=O) groups excluding carboxylic acids is 1. The van der Waals surface area contributed by atoms with Crippen molar-refractivity contribution in [2.45, 2.75) is 32.2 Å². The van der Waals surface area contributed by atoms with Gasteiger partial charge >= 0.3 is 0 Å². The first-order chi connectivity index (χ1) is 12.5. The molecule has 6 heteroatoms. The van der Waals surface area contributed by atoms with Gasteiger partial charge in [0.1, 0.15) is 5.82 Å². The molecule has 0 aromatic heterocycles. The summed E-state index contributed by atoms with van der Waals surface area (Å²) >= 11 is 5.17. The number of halogens is 1. The van der Waals surface area contributed by atoms with Crippen LogP contribution in [-0.4, -0.2) is 23.6 Å². The van der Waals surface area contributed by atoms with Gasteiger partial charge in [0.05, 0.1) is 0 Å². The molecule has 4 nitrogen and oxygen atoms in total. The number of nitrogens with one attached hydrogen (secondary N) is 2. The molecule has 1 aliphatic rings. The van der Waals surface area contributed by atoms with Gasteiger partial charge in [0.15, 0.2) is 5.11 Å². The van der Waals surface area contributed by atoms with Crippen molar-refractivity contribution in [1.29, 1.82) is 0 Å². The zero-order chi connectivity index (χ0) is 18.5. The molecule has 1 amide bonds. The maximum absolute atomic E-state index is 13.2. The predicted octanol–water partition coefficient (Wildman–Crippen LogP) is 4.33. The maximum Gasteiger partial charge on any atom is 0.257 e. The summed E-state index contributed by atoms with van der Waals surface area (Å²) in [6.45, 7) is 3.33. The second-order valence-electron chi connectivity index (χ2n) is 6.50. The molecule has 1 fully saturated rings. The first kappa shape index (κ1) is 18.3. The molecule has 0 unspecified atom stereocenters. The highest BCUT2D eigenvalue weighted by Crippen LogP contribution is 2.25. The Morgan fingerprint density at radius 2 is 1.96 bits per heavy atom. The van der Waals surface area contributed by atoms with Crippen LogP contribution in [0, 0.1) is 5.82 Å². The molecule has 1 saturated heterocycles. The highest BCUT2D eigenvalue weighted by Gasteiger charge is 2.18. The highest BCUT2D eigenvalue weighted by atomic mass is 32.1. The number of amides is 1. The molecule has 0 spiro atoms. The van der Waals surface area contributed by atoms with E-state index < -0.39 is 11.7 Å². The second kappa shape index (κ2) is 8.27. The van der Waals surface area contributed by atoms with Crippen LogP contribution in [-0.2, 0) is 0 Å². The Labute approximate surface area is 158 Å². The van der Waals surface area contributed by atoms with E-state index in [1.165, 1.54) is 49.2 Å². The first-order valence-corrected chi connectivity index (χ1v) is 9.18. The average Bonchev–Trinajstić information content (AvgIpc) is 2.63. The van der Waals surface area contributed by atoms with Gasteiger partial charge in [-0.15, -0.1) is 0 Å². The molecule has 2 N–H and O–H groups in total. The fraction of sp³-hybridized carbons (Fsp3) is 0.300. The molecule has 1 aliphatic heterocycles. The van der Waals surface area contributed by atoms with Gasteiger partial charge in [-0.05, 0) is 80.9 Å². The molecule has 0 saturated carbocycles. The SMILES string of the molecule is C[C@H]1CCCCN1c1ccc(NC(=S)NC(=O)c2cccc(F)c2)cc1. The van der Waals surface area contributed by atoms with Gasteiger partial charge in [0, 0.05) is 29.5 Å². The van der Waals surface area contributed by atoms with Crippen LogP contribution in [0.2, 0.25) is 0 Å². The number of benzene rings is 2. The molecule has 26 heavy (non-hydrogen) atoms. The second-order valence-corrected chi connectivity index (χ2v) is 6.91. The smallest absolute Gasteiger partial charge is 0.257 e. The number of rotatable bonds is 3. The Morgan fingerprint density at radius 3 is 2.65 bits per heavy atom. The molecule has 2 aromatic rings. The van der Waals surface area contributed by atoms with Crippen LogP contribution < -0.4 is 15.5 Å². The number of thiocarbonyl (C=S) groups is 1. The van der Waals surface area contributed by atoms with Crippen molar-refractivity contribution >= 4 is 34.6 Å². The number of hydrogen-bond donors (Lipinski definition) is 2. The molecular weight excluding hydrogens is 349 g/mol. The van der Waals surface area contributed by atoms with Crippen molar-refractivity contribution in [1.82, 2.24) is 5.32 Å². The highest BCUT2D eigenvalue weighted by molar-refractivity contribution is 7.80. The monoisotopic (exact) mass is 371 g/mol. The lowest BCUT2D eigenvalue weighted by Crippen LogP contribution is -2.37. The Morgan fingerprint density at radius 1 is 1.19 bits per heavy atom. The Bertz CT molecular complexity index is 794. The molecule has 1 atom stereocenters. The summed E-state index contributed by atoms with van der Waals surface area (Å²) in [5, 5.41) is 5.73. The number of hydrogen-bond acceptors (Lipinski definition) is 3. The summed E-state index contributed by atoms with van der Waals surface area (Å²) in [5.74, 6) is -0.903. The van der Waals surface area contributed by atoms with Crippen LogP contribution >= 0.6 is 12.2 Å². The van der Waals surface area contributed by atoms with E-state index in [2.05, 4.69) is 34.6 Å². The molecular formula is C20H22FN3OS. The van der Waals surface area contributed by atoms with Gasteiger partial charge in [-0.2, -0.15) is 0 Å². The van der Waals surface area contributed by atoms with E-state index in [1.54, 1.807) is 0 Å². The zero-order valence-corrected chi connectivity index (χ0v) is 15.5. The standard InChI is InChI=1S/C20H22FN3OS/c1-14-5-2-3-12-24(14)18-10-8-17(9-11-18)22-20(26)23-19(25)15-6-4-7-16(21)13-15/h4,6-11,13-14H,2-3,5,12H2,1H3,(H2,22,23,25,26)/t14-/m0/s1. The molecule has 2 aromatic carbocycles. The summed E-state index contributed by atoms with van der Waals surface area (Å²) in [6, 6.07) is 14.0. The lowest BCUT2D eigenvalue weighted by atomic mass is 10.0.